The SMILES string of the molecule is CC(CC(F)(F)F)n1c(N)nc2cnccc21. The van der Waals surface area contributed by atoms with E-state index in [0.717, 1.165) is 0 Å². The maximum Gasteiger partial charge on any atom is 0.391 e. The highest BCUT2D eigenvalue weighted by Crippen LogP contribution is 2.31. The molecular weight excluding hydrogens is 233 g/mol. The van der Waals surface area contributed by atoms with Gasteiger partial charge in [-0.2, -0.15) is 13.2 Å². The lowest BCUT2D eigenvalue weighted by Gasteiger charge is -2.17. The molecule has 17 heavy (non-hydrogen) atoms. The van der Waals surface area contributed by atoms with E-state index >= 15 is 0 Å². The summed E-state index contributed by atoms with van der Waals surface area (Å²) in [5, 5.41) is 0. The van der Waals surface area contributed by atoms with Crippen molar-refractivity contribution in [1.82, 2.24) is 14.5 Å². The third-order valence-corrected chi connectivity index (χ3v) is 2.49. The molecule has 0 fully saturated rings. The molecule has 0 saturated heterocycles. The summed E-state index contributed by atoms with van der Waals surface area (Å²) in [6, 6.07) is 0.813. The number of imidazole rings is 1. The van der Waals surface area contributed by atoms with Crippen LogP contribution in [0.1, 0.15) is 19.4 Å². The minimum atomic E-state index is -4.23. The lowest BCUT2D eigenvalue weighted by Crippen LogP contribution is -2.17. The number of hydrogen-bond donors (Lipinski definition) is 1. The number of halogens is 3. The highest BCUT2D eigenvalue weighted by Gasteiger charge is 2.31. The number of hydrogen-bond acceptors (Lipinski definition) is 3. The number of anilines is 1. The van der Waals surface area contributed by atoms with Crippen molar-refractivity contribution in [2.75, 3.05) is 5.73 Å². The predicted molar refractivity (Wildman–Crippen MR) is 57.3 cm³/mol. The Kier molecular flexibility index (Phi) is 2.68. The van der Waals surface area contributed by atoms with Gasteiger partial charge in [-0.3, -0.25) is 4.98 Å². The van der Waals surface area contributed by atoms with Crippen LogP contribution in [0.2, 0.25) is 0 Å². The van der Waals surface area contributed by atoms with E-state index in [-0.39, 0.29) is 5.95 Å². The Hall–Kier alpha value is -1.79. The molecule has 0 aromatic carbocycles. The largest absolute Gasteiger partial charge is 0.391 e. The lowest BCUT2D eigenvalue weighted by atomic mass is 10.2. The van der Waals surface area contributed by atoms with Gasteiger partial charge in [-0.05, 0) is 13.0 Å². The van der Waals surface area contributed by atoms with Crippen LogP contribution in [0.4, 0.5) is 19.1 Å². The fourth-order valence-electron chi connectivity index (χ4n) is 1.86. The van der Waals surface area contributed by atoms with Crippen molar-refractivity contribution in [3.8, 4) is 0 Å². The second-order valence-electron chi connectivity index (χ2n) is 3.87. The Bertz CT molecular complexity index is 532. The molecule has 92 valence electrons. The van der Waals surface area contributed by atoms with Crippen molar-refractivity contribution in [3.05, 3.63) is 18.5 Å². The summed E-state index contributed by atoms with van der Waals surface area (Å²) in [5.74, 6) is 0.0738. The van der Waals surface area contributed by atoms with Gasteiger partial charge < -0.3 is 10.3 Å². The molecule has 2 N–H and O–H groups in total. The van der Waals surface area contributed by atoms with Gasteiger partial charge in [0.1, 0.15) is 5.52 Å². The molecule has 0 aliphatic heterocycles. The highest BCUT2D eigenvalue weighted by molar-refractivity contribution is 5.77. The summed E-state index contributed by atoms with van der Waals surface area (Å²) in [7, 11) is 0. The number of nitrogens with two attached hydrogens (primary N) is 1. The van der Waals surface area contributed by atoms with Crippen LogP contribution in [0, 0.1) is 0 Å². The zero-order valence-electron chi connectivity index (χ0n) is 9.07. The Morgan fingerprint density at radius 3 is 2.82 bits per heavy atom. The summed E-state index contributed by atoms with van der Waals surface area (Å²) in [6.07, 6.45) is -2.19. The molecular formula is C10H11F3N4. The Labute approximate surface area is 95.3 Å². The van der Waals surface area contributed by atoms with E-state index in [1.54, 1.807) is 6.07 Å². The minimum Gasteiger partial charge on any atom is -0.369 e. The zero-order chi connectivity index (χ0) is 12.6. The number of nitrogen functional groups attached to an aromatic ring is 1. The predicted octanol–water partition coefficient (Wildman–Crippen LogP) is 2.53. The van der Waals surface area contributed by atoms with E-state index < -0.39 is 18.6 Å². The van der Waals surface area contributed by atoms with Gasteiger partial charge in [0.2, 0.25) is 5.95 Å². The third-order valence-electron chi connectivity index (χ3n) is 2.49. The maximum absolute atomic E-state index is 12.3. The van der Waals surface area contributed by atoms with Crippen molar-refractivity contribution in [3.63, 3.8) is 0 Å². The van der Waals surface area contributed by atoms with Crippen LogP contribution in [0.25, 0.3) is 11.0 Å². The first-order valence-corrected chi connectivity index (χ1v) is 5.02. The molecule has 0 aliphatic carbocycles. The second kappa shape index (κ2) is 3.90. The fourth-order valence-corrected chi connectivity index (χ4v) is 1.86. The normalized spacial score (nSPS) is 14.1. The number of alkyl halides is 3. The monoisotopic (exact) mass is 244 g/mol. The topological polar surface area (TPSA) is 56.7 Å². The number of nitrogens with zero attached hydrogens (tertiary/aromatic N) is 3. The number of pyridine rings is 1. The average molecular weight is 244 g/mol. The molecule has 2 heterocycles. The van der Waals surface area contributed by atoms with Crippen LogP contribution >= 0.6 is 0 Å². The zero-order valence-corrected chi connectivity index (χ0v) is 9.07. The third kappa shape index (κ3) is 2.32. The summed E-state index contributed by atoms with van der Waals surface area (Å²) in [6.45, 7) is 1.46. The van der Waals surface area contributed by atoms with E-state index in [0.29, 0.717) is 11.0 Å². The van der Waals surface area contributed by atoms with E-state index in [4.69, 9.17) is 5.73 Å². The lowest BCUT2D eigenvalue weighted by molar-refractivity contribution is -0.141. The average Bonchev–Trinajstić information content (AvgIpc) is 2.50. The molecule has 0 radical (unpaired) electrons. The molecule has 0 amide bonds. The van der Waals surface area contributed by atoms with Crippen LogP contribution in [0.5, 0.6) is 0 Å². The van der Waals surface area contributed by atoms with Gasteiger partial charge in [0.05, 0.1) is 18.1 Å². The molecule has 0 aliphatic rings. The first-order chi connectivity index (χ1) is 7.88. The van der Waals surface area contributed by atoms with Crippen molar-refractivity contribution in [2.24, 2.45) is 0 Å². The van der Waals surface area contributed by atoms with Crippen LogP contribution in [-0.2, 0) is 0 Å². The van der Waals surface area contributed by atoms with Crippen LogP contribution in [0.15, 0.2) is 18.5 Å². The smallest absolute Gasteiger partial charge is 0.369 e. The Balaban J connectivity index is 2.44. The van der Waals surface area contributed by atoms with E-state index in [1.165, 1.54) is 23.9 Å². The fraction of sp³-hybridized carbons (Fsp3) is 0.400. The van der Waals surface area contributed by atoms with Crippen molar-refractivity contribution >= 4 is 17.0 Å². The van der Waals surface area contributed by atoms with Gasteiger partial charge in [-0.15, -0.1) is 0 Å². The maximum atomic E-state index is 12.3. The van der Waals surface area contributed by atoms with E-state index in [2.05, 4.69) is 9.97 Å². The summed E-state index contributed by atoms with van der Waals surface area (Å²) in [4.78, 5) is 7.82. The summed E-state index contributed by atoms with van der Waals surface area (Å²) >= 11 is 0. The van der Waals surface area contributed by atoms with Crippen molar-refractivity contribution < 1.29 is 13.2 Å². The van der Waals surface area contributed by atoms with E-state index in [1.807, 2.05) is 0 Å². The van der Waals surface area contributed by atoms with Crippen molar-refractivity contribution in [2.45, 2.75) is 25.6 Å². The summed E-state index contributed by atoms with van der Waals surface area (Å²) < 4.78 is 38.4. The minimum absolute atomic E-state index is 0.0738. The molecule has 1 atom stereocenters. The molecule has 2 aromatic heterocycles. The van der Waals surface area contributed by atoms with Gasteiger partial charge in [0.15, 0.2) is 0 Å². The van der Waals surface area contributed by atoms with E-state index in [9.17, 15) is 13.2 Å². The molecule has 0 saturated carbocycles. The Morgan fingerprint density at radius 2 is 2.18 bits per heavy atom. The molecule has 1 unspecified atom stereocenters. The second-order valence-corrected chi connectivity index (χ2v) is 3.87. The number of fused-ring (bicyclic) bond motifs is 1. The number of aromatic nitrogens is 3. The molecule has 2 aromatic rings. The quantitative estimate of drug-likeness (QED) is 0.883. The molecule has 7 heteroatoms. The summed E-state index contributed by atoms with van der Waals surface area (Å²) in [5.41, 5.74) is 6.69. The first kappa shape index (κ1) is 11.7. The van der Waals surface area contributed by atoms with Crippen LogP contribution < -0.4 is 5.73 Å². The van der Waals surface area contributed by atoms with Gasteiger partial charge in [-0.25, -0.2) is 4.98 Å². The molecule has 2 rings (SSSR count). The van der Waals surface area contributed by atoms with Gasteiger partial charge >= 0.3 is 6.18 Å². The standard InChI is InChI=1S/C10H11F3N4/c1-6(4-10(11,12)13)17-8-2-3-15-5-7(8)16-9(17)14/h2-3,5-6H,4H2,1H3,(H2,14,16). The van der Waals surface area contributed by atoms with Gasteiger partial charge in [0, 0.05) is 12.2 Å². The van der Waals surface area contributed by atoms with Crippen molar-refractivity contribution in [1.29, 1.82) is 0 Å². The van der Waals surface area contributed by atoms with Gasteiger partial charge in [-0.1, -0.05) is 0 Å². The first-order valence-electron chi connectivity index (χ1n) is 5.02. The molecule has 0 bridgehead atoms. The van der Waals surface area contributed by atoms with Gasteiger partial charge in [0.25, 0.3) is 0 Å². The van der Waals surface area contributed by atoms with Crippen LogP contribution in [-0.4, -0.2) is 20.7 Å². The molecule has 0 spiro atoms. The number of rotatable bonds is 2. The Morgan fingerprint density at radius 1 is 1.47 bits per heavy atom. The highest BCUT2D eigenvalue weighted by atomic mass is 19.4. The van der Waals surface area contributed by atoms with Crippen LogP contribution in [0.3, 0.4) is 0 Å². The molecule has 4 nitrogen and oxygen atoms in total.